The largest absolute Gasteiger partial charge is 0.508 e. The zero-order chi connectivity index (χ0) is 32.9. The Morgan fingerprint density at radius 2 is 1.40 bits per heavy atom. The first kappa shape index (κ1) is 32.3. The molecule has 3 aromatic rings. The molecule has 2 aromatic carbocycles. The number of fused-ring (bicyclic) bond motifs is 1. The van der Waals surface area contributed by atoms with Gasteiger partial charge in [0.1, 0.15) is 64.2 Å². The molecule has 2 aliphatic heterocycles. The Kier molecular flexibility index (Phi) is 8.88. The van der Waals surface area contributed by atoms with E-state index >= 15 is 0 Å². The maximum Gasteiger partial charge on any atom is 0.239 e. The van der Waals surface area contributed by atoms with Crippen LogP contribution in [0.4, 0.5) is 0 Å². The Morgan fingerprint density at radius 1 is 0.778 bits per heavy atom. The van der Waals surface area contributed by atoms with Gasteiger partial charge in [-0.3, -0.25) is 14.4 Å². The lowest BCUT2D eigenvalue weighted by Crippen LogP contribution is -2.58. The lowest BCUT2D eigenvalue weighted by molar-refractivity contribution is -0.288. The van der Waals surface area contributed by atoms with Crippen molar-refractivity contribution >= 4 is 22.5 Å². The molecule has 0 radical (unpaired) electrons. The van der Waals surface area contributed by atoms with Gasteiger partial charge in [0, 0.05) is 17.7 Å². The number of Topliss-reactive ketones (excluding diaryl/α,β-unsaturated/α-hetero) is 2. The first-order valence-electron chi connectivity index (χ1n) is 13.9. The second kappa shape index (κ2) is 12.4. The lowest BCUT2D eigenvalue weighted by atomic mass is 9.79. The smallest absolute Gasteiger partial charge is 0.239 e. The summed E-state index contributed by atoms with van der Waals surface area (Å²) in [5.74, 6) is -5.97. The van der Waals surface area contributed by atoms with E-state index in [9.17, 15) is 50.1 Å². The van der Waals surface area contributed by atoms with Crippen LogP contribution in [0.5, 0.6) is 23.0 Å². The summed E-state index contributed by atoms with van der Waals surface area (Å²) >= 11 is 0. The summed E-state index contributed by atoms with van der Waals surface area (Å²) in [6.45, 7) is 3.68. The van der Waals surface area contributed by atoms with E-state index in [1.807, 2.05) is 0 Å². The van der Waals surface area contributed by atoms with Crippen molar-refractivity contribution in [3.05, 3.63) is 46.6 Å². The third-order valence-corrected chi connectivity index (χ3v) is 7.88. The Hall–Kier alpha value is -4.09. The normalized spacial score (nSPS) is 31.8. The van der Waals surface area contributed by atoms with Gasteiger partial charge in [-0.25, -0.2) is 0 Å². The molecular formula is C30H32O15. The van der Waals surface area contributed by atoms with Gasteiger partial charge < -0.3 is 59.1 Å². The number of aliphatic hydroxyl groups excluding tert-OH is 5. The molecule has 10 atom stereocenters. The van der Waals surface area contributed by atoms with Crippen LogP contribution in [0.3, 0.4) is 0 Å². The number of rotatable bonds is 7. The molecule has 2 aliphatic rings. The third-order valence-electron chi connectivity index (χ3n) is 7.88. The number of hydrogen-bond donors (Lipinski definition) is 7. The van der Waals surface area contributed by atoms with Crippen molar-refractivity contribution in [3.8, 4) is 34.3 Å². The van der Waals surface area contributed by atoms with Gasteiger partial charge in [0.2, 0.25) is 23.8 Å². The number of phenols is 2. The van der Waals surface area contributed by atoms with Gasteiger partial charge in [0.25, 0.3) is 0 Å². The molecule has 7 N–H and O–H groups in total. The Morgan fingerprint density at radius 3 is 2.02 bits per heavy atom. The molecule has 0 amide bonds. The third kappa shape index (κ3) is 5.98. The molecule has 1 aromatic heterocycles. The number of aliphatic hydroxyl groups is 5. The zero-order valence-corrected chi connectivity index (χ0v) is 24.1. The van der Waals surface area contributed by atoms with Crippen LogP contribution in [0.25, 0.3) is 22.3 Å². The van der Waals surface area contributed by atoms with Crippen molar-refractivity contribution in [3.63, 3.8) is 0 Å². The minimum atomic E-state index is -1.87. The van der Waals surface area contributed by atoms with Crippen molar-refractivity contribution in [2.24, 2.45) is 11.8 Å². The molecule has 2 fully saturated rings. The van der Waals surface area contributed by atoms with E-state index in [4.69, 9.17) is 23.4 Å². The number of carbonyl (C=O) groups is 2. The molecule has 3 heterocycles. The molecule has 242 valence electrons. The van der Waals surface area contributed by atoms with Gasteiger partial charge in [-0.2, -0.15) is 0 Å². The van der Waals surface area contributed by atoms with Crippen LogP contribution in [0.15, 0.2) is 45.6 Å². The van der Waals surface area contributed by atoms with Gasteiger partial charge >= 0.3 is 0 Å². The zero-order valence-electron chi connectivity index (χ0n) is 24.1. The fourth-order valence-corrected chi connectivity index (χ4v) is 5.50. The molecule has 2 saturated heterocycles. The first-order chi connectivity index (χ1) is 21.2. The van der Waals surface area contributed by atoms with Crippen LogP contribution < -0.4 is 14.9 Å². The number of carbonyl (C=O) groups excluding carboxylic acids is 2. The molecule has 0 bridgehead atoms. The minimum Gasteiger partial charge on any atom is -0.508 e. The molecule has 0 aliphatic carbocycles. The predicted octanol–water partition coefficient (Wildman–Crippen LogP) is -0.0977. The Balaban J connectivity index is 1.59. The van der Waals surface area contributed by atoms with Gasteiger partial charge in [-0.05, 0) is 45.0 Å². The molecular weight excluding hydrogens is 600 g/mol. The number of hydrogen-bond acceptors (Lipinski definition) is 15. The Bertz CT molecular complexity index is 1650. The van der Waals surface area contributed by atoms with E-state index in [-0.39, 0.29) is 28.4 Å². The van der Waals surface area contributed by atoms with Crippen LogP contribution in [-0.4, -0.2) is 96.7 Å². The summed E-state index contributed by atoms with van der Waals surface area (Å²) in [4.78, 5) is 38.4. The molecule has 0 unspecified atom stereocenters. The summed E-state index contributed by atoms with van der Waals surface area (Å²) in [6.07, 6.45) is -12.6. The monoisotopic (exact) mass is 632 g/mol. The minimum absolute atomic E-state index is 0.126. The van der Waals surface area contributed by atoms with Gasteiger partial charge in [0.05, 0.1) is 17.9 Å². The van der Waals surface area contributed by atoms with Crippen molar-refractivity contribution < 1.29 is 68.7 Å². The number of ether oxygens (including phenoxy) is 4. The van der Waals surface area contributed by atoms with Crippen LogP contribution >= 0.6 is 0 Å². The highest BCUT2D eigenvalue weighted by Crippen LogP contribution is 2.39. The topological polar surface area (TPSA) is 243 Å². The van der Waals surface area contributed by atoms with E-state index in [0.717, 1.165) is 19.9 Å². The SMILES string of the molecule is CC(=O)[C@@H]1[C@@H](O)[C@@H](Oc2c(-c3ccc(O)cc3)oc3cc(O[C@@H]4O[C@@H](C)[C@@H](O)[C@H](O)[C@H]4O)cc(O)c3c2=O)O[C@H](O)[C@H]1C(C)=O. The van der Waals surface area contributed by atoms with Crippen molar-refractivity contribution in [1.82, 2.24) is 0 Å². The summed E-state index contributed by atoms with van der Waals surface area (Å²) in [5.41, 5.74) is -1.07. The van der Waals surface area contributed by atoms with Crippen molar-refractivity contribution in [2.45, 2.75) is 70.2 Å². The maximum atomic E-state index is 13.9. The predicted molar refractivity (Wildman–Crippen MR) is 150 cm³/mol. The van der Waals surface area contributed by atoms with Crippen LogP contribution in [-0.2, 0) is 19.1 Å². The highest BCUT2D eigenvalue weighted by Gasteiger charge is 2.50. The van der Waals surface area contributed by atoms with E-state index < -0.39 is 95.1 Å². The Labute approximate surface area is 254 Å². The highest BCUT2D eigenvalue weighted by molar-refractivity contribution is 5.89. The summed E-state index contributed by atoms with van der Waals surface area (Å²) in [6, 6.07) is 7.47. The molecule has 15 nitrogen and oxygen atoms in total. The molecule has 0 saturated carbocycles. The van der Waals surface area contributed by atoms with E-state index in [2.05, 4.69) is 0 Å². The number of aromatic hydroxyl groups is 2. The fourth-order valence-electron chi connectivity index (χ4n) is 5.50. The number of ketones is 2. The van der Waals surface area contributed by atoms with Crippen LogP contribution in [0.1, 0.15) is 20.8 Å². The quantitative estimate of drug-likeness (QED) is 0.180. The average molecular weight is 633 g/mol. The van der Waals surface area contributed by atoms with Gasteiger partial charge in [0.15, 0.2) is 12.1 Å². The molecule has 45 heavy (non-hydrogen) atoms. The van der Waals surface area contributed by atoms with E-state index in [1.54, 1.807) is 0 Å². The standard InChI is InChI=1S/C30H32O15/c1-10(31)18-19(11(2)32)28(40)45-29(23(18)37)44-27-22(36)20-16(34)8-15(42-30-25(39)24(38)21(35)12(3)41-30)9-17(20)43-26(27)13-4-6-14(33)7-5-13/h4-9,12,18-19,21,23-25,28-30,33-35,37-40H,1-3H3/t12-,18-,19-,21+,23+,24-,25+,28-,29-,30-/m0/s1. The summed E-state index contributed by atoms with van der Waals surface area (Å²) in [5, 5.41) is 72.2. The number of benzene rings is 2. The van der Waals surface area contributed by atoms with Crippen LogP contribution in [0, 0.1) is 11.8 Å². The van der Waals surface area contributed by atoms with Gasteiger partial charge in [-0.15, -0.1) is 0 Å². The van der Waals surface area contributed by atoms with E-state index in [0.29, 0.717) is 0 Å². The second-order valence-corrected chi connectivity index (χ2v) is 11.0. The highest BCUT2D eigenvalue weighted by atomic mass is 16.7. The summed E-state index contributed by atoms with van der Waals surface area (Å²) < 4.78 is 28.1. The van der Waals surface area contributed by atoms with Crippen LogP contribution in [0.2, 0.25) is 0 Å². The molecule has 5 rings (SSSR count). The van der Waals surface area contributed by atoms with Crippen molar-refractivity contribution in [2.75, 3.05) is 0 Å². The van der Waals surface area contributed by atoms with Gasteiger partial charge in [-0.1, -0.05) is 0 Å². The molecule has 0 spiro atoms. The lowest BCUT2D eigenvalue weighted by Gasteiger charge is -2.40. The maximum absolute atomic E-state index is 13.9. The van der Waals surface area contributed by atoms with Crippen molar-refractivity contribution in [1.29, 1.82) is 0 Å². The average Bonchev–Trinajstić information content (AvgIpc) is 2.97. The number of phenolic OH excluding ortho intramolecular Hbond substituents is 2. The summed E-state index contributed by atoms with van der Waals surface area (Å²) in [7, 11) is 0. The fraction of sp³-hybridized carbons (Fsp3) is 0.433. The first-order valence-corrected chi connectivity index (χ1v) is 13.9. The molecule has 15 heteroatoms. The second-order valence-electron chi connectivity index (χ2n) is 11.0. The van der Waals surface area contributed by atoms with E-state index in [1.165, 1.54) is 37.3 Å².